The minimum Gasteiger partial charge on any atom is -0.352 e. The summed E-state index contributed by atoms with van der Waals surface area (Å²) in [5.41, 5.74) is 5.59. The Kier molecular flexibility index (Phi) is 6.40. The Morgan fingerprint density at radius 1 is 1.03 bits per heavy atom. The number of rotatable bonds is 5. The second-order valence-corrected chi connectivity index (χ2v) is 8.01. The third-order valence-corrected chi connectivity index (χ3v) is 5.76. The molecular weight excluding hydrogens is 392 g/mol. The van der Waals surface area contributed by atoms with Gasteiger partial charge in [0.05, 0.1) is 0 Å². The van der Waals surface area contributed by atoms with Crippen LogP contribution in [0.4, 0.5) is 0 Å². The van der Waals surface area contributed by atoms with Crippen LogP contribution in [-0.2, 0) is 9.59 Å². The monoisotopic (exact) mass is 418 g/mol. The molecule has 31 heavy (non-hydrogen) atoms. The van der Waals surface area contributed by atoms with Gasteiger partial charge in [-0.15, -0.1) is 0 Å². The first-order valence-electron chi connectivity index (χ1n) is 10.7. The zero-order chi connectivity index (χ0) is 21.6. The van der Waals surface area contributed by atoms with Crippen LogP contribution in [0.25, 0.3) is 11.1 Å². The topological polar surface area (TPSA) is 90.9 Å². The lowest BCUT2D eigenvalue weighted by molar-refractivity contribution is -0.126. The first kappa shape index (κ1) is 20.8. The van der Waals surface area contributed by atoms with Crippen LogP contribution in [0.3, 0.4) is 0 Å². The van der Waals surface area contributed by atoms with Crippen LogP contribution < -0.4 is 10.7 Å². The highest BCUT2D eigenvalue weighted by molar-refractivity contribution is 6.39. The van der Waals surface area contributed by atoms with E-state index in [0.717, 1.165) is 24.0 Å². The molecule has 7 nitrogen and oxygen atoms in total. The van der Waals surface area contributed by atoms with Crippen molar-refractivity contribution in [2.75, 3.05) is 19.6 Å². The molecule has 0 bridgehead atoms. The minimum atomic E-state index is -0.160. The fraction of sp³-hybridized carbons (Fsp3) is 0.333. The van der Waals surface area contributed by atoms with E-state index in [4.69, 9.17) is 0 Å². The molecule has 1 atom stereocenters. The third kappa shape index (κ3) is 5.17. The van der Waals surface area contributed by atoms with Gasteiger partial charge in [0, 0.05) is 38.0 Å². The van der Waals surface area contributed by atoms with Crippen LogP contribution in [0.2, 0.25) is 0 Å². The average Bonchev–Trinajstić information content (AvgIpc) is 2.83. The zero-order valence-corrected chi connectivity index (χ0v) is 17.3. The summed E-state index contributed by atoms with van der Waals surface area (Å²) < 4.78 is 0. The van der Waals surface area contributed by atoms with Crippen LogP contribution in [-0.4, -0.2) is 48.0 Å². The molecule has 2 N–H and O–H groups in total. The van der Waals surface area contributed by atoms with Crippen molar-refractivity contribution in [2.24, 2.45) is 11.0 Å². The Hall–Kier alpha value is -3.48. The molecule has 2 aliphatic rings. The number of amides is 3. The molecule has 1 saturated heterocycles. The van der Waals surface area contributed by atoms with E-state index in [1.54, 1.807) is 4.90 Å². The molecule has 0 aliphatic carbocycles. The molecule has 0 spiro atoms. The van der Waals surface area contributed by atoms with Gasteiger partial charge in [-0.2, -0.15) is 5.10 Å². The summed E-state index contributed by atoms with van der Waals surface area (Å²) in [6.45, 7) is 1.78. The number of nitrogens with zero attached hydrogens (tertiary/aromatic N) is 2. The molecule has 7 heteroatoms. The van der Waals surface area contributed by atoms with E-state index in [2.05, 4.69) is 15.8 Å². The summed E-state index contributed by atoms with van der Waals surface area (Å²) in [5.74, 6) is -0.188. The lowest BCUT2D eigenvalue weighted by Gasteiger charge is -2.33. The molecule has 0 radical (unpaired) electrons. The van der Waals surface area contributed by atoms with Crippen molar-refractivity contribution < 1.29 is 14.4 Å². The normalized spacial score (nSPS) is 18.7. The van der Waals surface area contributed by atoms with Gasteiger partial charge in [0.1, 0.15) is 5.71 Å². The number of piperidine rings is 1. The van der Waals surface area contributed by atoms with E-state index in [0.29, 0.717) is 43.8 Å². The summed E-state index contributed by atoms with van der Waals surface area (Å²) in [6, 6.07) is 17.6. The van der Waals surface area contributed by atoms with Crippen molar-refractivity contribution in [1.82, 2.24) is 15.6 Å². The Labute approximate surface area is 181 Å². The maximum Gasteiger partial charge on any atom is 0.270 e. The fourth-order valence-electron chi connectivity index (χ4n) is 4.01. The number of hydrogen-bond donors (Lipinski definition) is 2. The Morgan fingerprint density at radius 2 is 1.77 bits per heavy atom. The molecule has 2 aromatic carbocycles. The number of nitrogens with one attached hydrogen (secondary N) is 2. The SMILES string of the molecule is O=C1CCC(C(=O)N2CCC[C@@H](CNC(=O)c3ccc(-c4ccccc4)cc3)C2)=NN1. The number of hydrazone groups is 1. The van der Waals surface area contributed by atoms with Crippen molar-refractivity contribution >= 4 is 23.4 Å². The summed E-state index contributed by atoms with van der Waals surface area (Å²) in [4.78, 5) is 38.3. The smallest absolute Gasteiger partial charge is 0.270 e. The largest absolute Gasteiger partial charge is 0.352 e. The van der Waals surface area contributed by atoms with Crippen LogP contribution in [0.15, 0.2) is 59.7 Å². The number of likely N-dealkylation sites (tertiary alicyclic amines) is 1. The zero-order valence-electron chi connectivity index (χ0n) is 17.3. The molecule has 2 heterocycles. The number of carbonyl (C=O) groups is 3. The van der Waals surface area contributed by atoms with E-state index in [1.165, 1.54) is 0 Å². The molecule has 3 amide bonds. The van der Waals surface area contributed by atoms with Crippen molar-refractivity contribution in [3.63, 3.8) is 0 Å². The summed E-state index contributed by atoms with van der Waals surface area (Å²) >= 11 is 0. The van der Waals surface area contributed by atoms with Crippen LogP contribution >= 0.6 is 0 Å². The first-order valence-corrected chi connectivity index (χ1v) is 10.7. The van der Waals surface area contributed by atoms with E-state index in [1.807, 2.05) is 54.6 Å². The molecule has 4 rings (SSSR count). The molecule has 160 valence electrons. The molecule has 0 saturated carbocycles. The van der Waals surface area contributed by atoms with Crippen LogP contribution in [0.5, 0.6) is 0 Å². The van der Waals surface area contributed by atoms with Crippen molar-refractivity contribution in [2.45, 2.75) is 25.7 Å². The van der Waals surface area contributed by atoms with Gasteiger partial charge >= 0.3 is 0 Å². The van der Waals surface area contributed by atoms with Gasteiger partial charge in [-0.25, -0.2) is 5.43 Å². The Bertz CT molecular complexity index is 986. The van der Waals surface area contributed by atoms with E-state index >= 15 is 0 Å². The molecule has 2 aliphatic heterocycles. The highest BCUT2D eigenvalue weighted by atomic mass is 16.2. The van der Waals surface area contributed by atoms with Crippen LogP contribution in [0, 0.1) is 5.92 Å². The Morgan fingerprint density at radius 3 is 2.48 bits per heavy atom. The van der Waals surface area contributed by atoms with Gasteiger partial charge in [-0.05, 0) is 42.0 Å². The quantitative estimate of drug-likeness (QED) is 0.782. The maximum atomic E-state index is 12.7. The molecule has 2 aromatic rings. The second kappa shape index (κ2) is 9.55. The van der Waals surface area contributed by atoms with Gasteiger partial charge < -0.3 is 10.2 Å². The Balaban J connectivity index is 1.30. The van der Waals surface area contributed by atoms with Crippen molar-refractivity contribution in [3.8, 4) is 11.1 Å². The van der Waals surface area contributed by atoms with Gasteiger partial charge in [0.2, 0.25) is 5.91 Å². The van der Waals surface area contributed by atoms with Crippen LogP contribution in [0.1, 0.15) is 36.0 Å². The fourth-order valence-corrected chi connectivity index (χ4v) is 4.01. The maximum absolute atomic E-state index is 12.7. The third-order valence-electron chi connectivity index (χ3n) is 5.76. The predicted octanol–water partition coefficient (Wildman–Crippen LogP) is 2.59. The van der Waals surface area contributed by atoms with Crippen molar-refractivity contribution in [3.05, 3.63) is 60.2 Å². The number of benzene rings is 2. The molecule has 0 unspecified atom stereocenters. The van der Waals surface area contributed by atoms with Gasteiger partial charge in [-0.3, -0.25) is 14.4 Å². The van der Waals surface area contributed by atoms with Gasteiger partial charge in [-0.1, -0.05) is 42.5 Å². The standard InChI is InChI=1S/C24H26N4O3/c29-22-13-12-21(26-27-22)24(31)28-14-4-5-17(16-28)15-25-23(30)20-10-8-19(9-11-20)18-6-2-1-3-7-18/h1-3,6-11,17H,4-5,12-16H2,(H,25,30)(H,27,29)/t17-/m0/s1. The summed E-state index contributed by atoms with van der Waals surface area (Å²) in [6.07, 6.45) is 2.51. The minimum absolute atomic E-state index is 0.109. The van der Waals surface area contributed by atoms with Crippen molar-refractivity contribution in [1.29, 1.82) is 0 Å². The predicted molar refractivity (Wildman–Crippen MR) is 118 cm³/mol. The first-order chi connectivity index (χ1) is 15.1. The van der Waals surface area contributed by atoms with Gasteiger partial charge in [0.15, 0.2) is 0 Å². The second-order valence-electron chi connectivity index (χ2n) is 8.01. The highest BCUT2D eigenvalue weighted by Crippen LogP contribution is 2.20. The molecule has 0 aromatic heterocycles. The molecule has 1 fully saturated rings. The number of carbonyl (C=O) groups excluding carboxylic acids is 3. The van der Waals surface area contributed by atoms with E-state index in [9.17, 15) is 14.4 Å². The van der Waals surface area contributed by atoms with E-state index < -0.39 is 0 Å². The summed E-state index contributed by atoms with van der Waals surface area (Å²) in [7, 11) is 0. The lowest BCUT2D eigenvalue weighted by atomic mass is 9.97. The average molecular weight is 418 g/mol. The van der Waals surface area contributed by atoms with E-state index in [-0.39, 0.29) is 23.6 Å². The highest BCUT2D eigenvalue weighted by Gasteiger charge is 2.28. The summed E-state index contributed by atoms with van der Waals surface area (Å²) in [5, 5.41) is 6.92. The number of hydrogen-bond acceptors (Lipinski definition) is 4. The molecular formula is C24H26N4O3. The lowest BCUT2D eigenvalue weighted by Crippen LogP contribution is -2.47. The van der Waals surface area contributed by atoms with Gasteiger partial charge in [0.25, 0.3) is 11.8 Å².